The fourth-order valence-electron chi connectivity index (χ4n) is 3.70. The van der Waals surface area contributed by atoms with Crippen molar-refractivity contribution in [2.24, 2.45) is 11.3 Å². The minimum atomic E-state index is -0.428. The Hall–Kier alpha value is -0.420. The lowest BCUT2D eigenvalue weighted by molar-refractivity contribution is 0.0517. The third kappa shape index (κ3) is 6.54. The van der Waals surface area contributed by atoms with Gasteiger partial charge in [-0.15, -0.1) is 0 Å². The van der Waals surface area contributed by atoms with Gasteiger partial charge < -0.3 is 15.4 Å². The van der Waals surface area contributed by atoms with Gasteiger partial charge in [-0.05, 0) is 57.1 Å². The van der Waals surface area contributed by atoms with Crippen molar-refractivity contribution in [1.82, 2.24) is 10.6 Å². The van der Waals surface area contributed by atoms with Crippen molar-refractivity contribution in [3.8, 4) is 0 Å². The van der Waals surface area contributed by atoms with Gasteiger partial charge in [0.15, 0.2) is 0 Å². The average Bonchev–Trinajstić information content (AvgIpc) is 2.80. The van der Waals surface area contributed by atoms with Gasteiger partial charge in [0.05, 0.1) is 0 Å². The molecule has 4 nitrogen and oxygen atoms in total. The molecule has 2 rings (SSSR count). The van der Waals surface area contributed by atoms with Crippen LogP contribution in [0.2, 0.25) is 0 Å². The van der Waals surface area contributed by atoms with Gasteiger partial charge >= 0.3 is 6.09 Å². The lowest BCUT2D eigenvalue weighted by Gasteiger charge is -2.37. The van der Waals surface area contributed by atoms with Crippen molar-refractivity contribution in [3.05, 3.63) is 0 Å². The van der Waals surface area contributed by atoms with E-state index < -0.39 is 5.60 Å². The van der Waals surface area contributed by atoms with E-state index in [1.807, 2.05) is 20.8 Å². The van der Waals surface area contributed by atoms with Gasteiger partial charge in [0.1, 0.15) is 5.60 Å². The Morgan fingerprint density at radius 1 is 1.30 bits per heavy atom. The Kier molecular flexibility index (Phi) is 6.28. The van der Waals surface area contributed by atoms with E-state index in [4.69, 9.17) is 4.74 Å². The number of hydrogen-bond acceptors (Lipinski definition) is 4. The predicted molar refractivity (Wildman–Crippen MR) is 98.0 cm³/mol. The van der Waals surface area contributed by atoms with Crippen LogP contribution in [0, 0.1) is 11.3 Å². The standard InChI is InChI=1S/C18H34N2O2S/c1-17(2,3)22-16(21)19-10-13-7-6-8-15(13)20-14-9-18(4,5)12-23-11-14/h13-15,20H,6-12H2,1-5H3,(H,19,21). The van der Waals surface area contributed by atoms with Crippen LogP contribution in [-0.4, -0.2) is 41.8 Å². The zero-order valence-electron chi connectivity index (χ0n) is 15.4. The van der Waals surface area contributed by atoms with E-state index in [1.54, 1.807) is 0 Å². The Morgan fingerprint density at radius 2 is 2.04 bits per heavy atom. The van der Waals surface area contributed by atoms with Crippen LogP contribution in [0.4, 0.5) is 4.79 Å². The van der Waals surface area contributed by atoms with Gasteiger partial charge in [0, 0.05) is 24.4 Å². The molecule has 1 amide bonds. The topological polar surface area (TPSA) is 50.4 Å². The summed E-state index contributed by atoms with van der Waals surface area (Å²) in [5.41, 5.74) is 0.00572. The molecular weight excluding hydrogens is 308 g/mol. The summed E-state index contributed by atoms with van der Waals surface area (Å²) in [6.07, 6.45) is 4.63. The number of alkyl carbamates (subject to hydrolysis) is 1. The number of ether oxygens (including phenoxy) is 1. The minimum Gasteiger partial charge on any atom is -0.444 e. The largest absolute Gasteiger partial charge is 0.444 e. The van der Waals surface area contributed by atoms with E-state index in [1.165, 1.54) is 37.2 Å². The highest BCUT2D eigenvalue weighted by Crippen LogP contribution is 2.35. The second-order valence-electron chi connectivity index (χ2n) is 8.93. The lowest BCUT2D eigenvalue weighted by Crippen LogP contribution is -2.48. The van der Waals surface area contributed by atoms with Crippen LogP contribution in [0.15, 0.2) is 0 Å². The number of carbonyl (C=O) groups is 1. The lowest BCUT2D eigenvalue weighted by atomic mass is 9.87. The number of rotatable bonds is 4. The molecule has 0 aromatic carbocycles. The minimum absolute atomic E-state index is 0.294. The van der Waals surface area contributed by atoms with Gasteiger partial charge in [-0.25, -0.2) is 4.79 Å². The molecule has 3 atom stereocenters. The summed E-state index contributed by atoms with van der Waals surface area (Å²) < 4.78 is 5.34. The highest BCUT2D eigenvalue weighted by molar-refractivity contribution is 7.99. The maximum absolute atomic E-state index is 11.8. The third-order valence-corrected chi connectivity index (χ3v) is 6.25. The second kappa shape index (κ2) is 7.64. The molecule has 0 spiro atoms. The Bertz CT molecular complexity index is 406. The van der Waals surface area contributed by atoms with Crippen LogP contribution < -0.4 is 10.6 Å². The second-order valence-corrected chi connectivity index (χ2v) is 9.96. The van der Waals surface area contributed by atoms with E-state index in [9.17, 15) is 4.79 Å². The summed E-state index contributed by atoms with van der Waals surface area (Å²) in [5, 5.41) is 6.84. The van der Waals surface area contributed by atoms with Gasteiger partial charge in [0.2, 0.25) is 0 Å². The summed E-state index contributed by atoms with van der Waals surface area (Å²) in [6.45, 7) is 11.1. The number of thioether (sulfide) groups is 1. The molecule has 3 unspecified atom stereocenters. The van der Waals surface area contributed by atoms with Gasteiger partial charge in [0.25, 0.3) is 0 Å². The van der Waals surface area contributed by atoms with Gasteiger partial charge in [-0.2, -0.15) is 11.8 Å². The zero-order valence-corrected chi connectivity index (χ0v) is 16.2. The molecule has 0 aromatic heterocycles. The molecule has 1 aliphatic heterocycles. The SMILES string of the molecule is CC1(C)CSCC(NC2CCCC2CNC(=O)OC(C)(C)C)C1. The smallest absolute Gasteiger partial charge is 0.407 e. The predicted octanol–water partition coefficient (Wildman–Crippen LogP) is 3.80. The van der Waals surface area contributed by atoms with Crippen molar-refractivity contribution >= 4 is 17.9 Å². The molecule has 5 heteroatoms. The van der Waals surface area contributed by atoms with E-state index >= 15 is 0 Å². The van der Waals surface area contributed by atoms with Crippen LogP contribution in [0.25, 0.3) is 0 Å². The van der Waals surface area contributed by atoms with Gasteiger partial charge in [-0.3, -0.25) is 0 Å². The highest BCUT2D eigenvalue weighted by Gasteiger charge is 2.33. The maximum atomic E-state index is 11.8. The molecule has 0 bridgehead atoms. The Balaban J connectivity index is 1.78. The Morgan fingerprint density at radius 3 is 2.70 bits per heavy atom. The first kappa shape index (κ1) is 18.9. The number of carbonyl (C=O) groups excluding carboxylic acids is 1. The van der Waals surface area contributed by atoms with Crippen molar-refractivity contribution in [2.45, 2.75) is 78.0 Å². The van der Waals surface area contributed by atoms with E-state index in [0.717, 1.165) is 6.54 Å². The molecule has 0 aromatic rings. The zero-order chi connectivity index (χ0) is 17.1. The van der Waals surface area contributed by atoms with E-state index in [-0.39, 0.29) is 6.09 Å². The molecule has 1 saturated heterocycles. The van der Waals surface area contributed by atoms with Crippen LogP contribution in [0.5, 0.6) is 0 Å². The quantitative estimate of drug-likeness (QED) is 0.816. The summed E-state index contributed by atoms with van der Waals surface area (Å²) in [5.74, 6) is 3.00. The van der Waals surface area contributed by atoms with E-state index in [2.05, 4.69) is 36.2 Å². The van der Waals surface area contributed by atoms with E-state index in [0.29, 0.717) is 23.4 Å². The molecule has 2 N–H and O–H groups in total. The fraction of sp³-hybridized carbons (Fsp3) is 0.944. The molecule has 2 aliphatic rings. The monoisotopic (exact) mass is 342 g/mol. The number of hydrogen-bond donors (Lipinski definition) is 2. The molecule has 23 heavy (non-hydrogen) atoms. The first-order chi connectivity index (χ1) is 10.6. The van der Waals surface area contributed by atoms with Crippen molar-refractivity contribution in [2.75, 3.05) is 18.1 Å². The van der Waals surface area contributed by atoms with Crippen LogP contribution >= 0.6 is 11.8 Å². The first-order valence-corrected chi connectivity index (χ1v) is 10.1. The molecule has 1 heterocycles. The van der Waals surface area contributed by atoms with Crippen molar-refractivity contribution in [3.63, 3.8) is 0 Å². The molecule has 0 radical (unpaired) electrons. The van der Waals surface area contributed by atoms with Crippen molar-refractivity contribution in [1.29, 1.82) is 0 Å². The van der Waals surface area contributed by atoms with Crippen molar-refractivity contribution < 1.29 is 9.53 Å². The summed E-state index contributed by atoms with van der Waals surface area (Å²) in [6, 6.07) is 1.14. The molecular formula is C18H34N2O2S. The fourth-order valence-corrected chi connectivity index (χ4v) is 4.99. The Labute approximate surface area is 145 Å². The van der Waals surface area contributed by atoms with Gasteiger partial charge in [-0.1, -0.05) is 20.3 Å². The summed E-state index contributed by atoms with van der Waals surface area (Å²) in [7, 11) is 0. The number of nitrogens with one attached hydrogen (secondary N) is 2. The maximum Gasteiger partial charge on any atom is 0.407 e. The van der Waals surface area contributed by atoms with Crippen LogP contribution in [0.3, 0.4) is 0 Å². The normalized spacial score (nSPS) is 30.9. The summed E-state index contributed by atoms with van der Waals surface area (Å²) in [4.78, 5) is 11.8. The number of amides is 1. The highest BCUT2D eigenvalue weighted by atomic mass is 32.2. The van der Waals surface area contributed by atoms with Crippen LogP contribution in [-0.2, 0) is 4.74 Å². The van der Waals surface area contributed by atoms with Crippen LogP contribution in [0.1, 0.15) is 60.3 Å². The molecule has 1 aliphatic carbocycles. The third-order valence-electron chi connectivity index (χ3n) is 4.63. The average molecular weight is 343 g/mol. The summed E-state index contributed by atoms with van der Waals surface area (Å²) >= 11 is 2.07. The molecule has 134 valence electrons. The first-order valence-electron chi connectivity index (χ1n) is 8.95. The molecule has 2 fully saturated rings. The molecule has 1 saturated carbocycles.